The molecule has 0 aromatic rings. The first kappa shape index (κ1) is 17.1. The van der Waals surface area contributed by atoms with Gasteiger partial charge in [0.25, 0.3) is 0 Å². The zero-order chi connectivity index (χ0) is 16.2. The van der Waals surface area contributed by atoms with E-state index in [-0.39, 0.29) is 11.4 Å². The third-order valence-corrected chi connectivity index (χ3v) is 5.87. The van der Waals surface area contributed by atoms with Crippen molar-refractivity contribution >= 4 is 5.91 Å². The molecule has 0 radical (unpaired) electrons. The second kappa shape index (κ2) is 7.47. The second-order valence-corrected chi connectivity index (χ2v) is 7.34. The highest BCUT2D eigenvalue weighted by atomic mass is 16.5. The lowest BCUT2D eigenvalue weighted by Crippen LogP contribution is -2.63. The molecular formula is C17H31N3O3. The van der Waals surface area contributed by atoms with Gasteiger partial charge in [0, 0.05) is 38.5 Å². The number of hydrogen-bond acceptors (Lipinski definition) is 5. The van der Waals surface area contributed by atoms with E-state index in [1.54, 1.807) is 0 Å². The van der Waals surface area contributed by atoms with Crippen LogP contribution in [0.4, 0.5) is 0 Å². The van der Waals surface area contributed by atoms with Gasteiger partial charge in [-0.1, -0.05) is 6.42 Å². The molecule has 0 spiro atoms. The van der Waals surface area contributed by atoms with Gasteiger partial charge >= 0.3 is 0 Å². The molecule has 3 rings (SSSR count). The van der Waals surface area contributed by atoms with Crippen molar-refractivity contribution in [3.05, 3.63) is 0 Å². The maximum absolute atomic E-state index is 12.6. The summed E-state index contributed by atoms with van der Waals surface area (Å²) in [6.07, 6.45) is 7.05. The van der Waals surface area contributed by atoms with E-state index in [1.807, 2.05) is 0 Å². The van der Waals surface area contributed by atoms with Crippen LogP contribution in [0.25, 0.3) is 0 Å². The lowest BCUT2D eigenvalue weighted by atomic mass is 9.85. The standard InChI is InChI=1S/C17H31N3O3/c18-17(6-12-23-13-7-17)15(21)19-14-16(4-10-22-11-5-16)20-8-2-1-3-9-20/h1-14,18H2,(H,19,21). The van der Waals surface area contributed by atoms with Crippen LogP contribution < -0.4 is 11.1 Å². The molecule has 0 bridgehead atoms. The molecule has 3 heterocycles. The van der Waals surface area contributed by atoms with E-state index in [9.17, 15) is 4.79 Å². The number of nitrogens with two attached hydrogens (primary N) is 1. The molecule has 0 saturated carbocycles. The summed E-state index contributed by atoms with van der Waals surface area (Å²) in [5.74, 6) is -0.0105. The maximum Gasteiger partial charge on any atom is 0.240 e. The summed E-state index contributed by atoms with van der Waals surface area (Å²) in [6.45, 7) is 5.69. The minimum absolute atomic E-state index is 0.0105. The molecule has 3 aliphatic rings. The van der Waals surface area contributed by atoms with Crippen LogP contribution in [0.15, 0.2) is 0 Å². The van der Waals surface area contributed by atoms with Crippen LogP contribution in [-0.2, 0) is 14.3 Å². The summed E-state index contributed by atoms with van der Waals surface area (Å²) in [5.41, 5.74) is 5.60. The van der Waals surface area contributed by atoms with Crippen molar-refractivity contribution in [2.45, 2.75) is 56.0 Å². The number of likely N-dealkylation sites (tertiary alicyclic amines) is 1. The predicted octanol–water partition coefficient (Wildman–Crippen LogP) is 0.646. The first-order valence-electron chi connectivity index (χ1n) is 9.12. The van der Waals surface area contributed by atoms with Gasteiger partial charge in [0.15, 0.2) is 0 Å². The SMILES string of the molecule is NC1(C(=O)NCC2(N3CCCCC3)CCOCC2)CCOCC1. The molecule has 0 aromatic carbocycles. The quantitative estimate of drug-likeness (QED) is 0.793. The third kappa shape index (κ3) is 3.87. The first-order chi connectivity index (χ1) is 11.1. The van der Waals surface area contributed by atoms with Gasteiger partial charge in [-0.05, 0) is 51.6 Å². The van der Waals surface area contributed by atoms with Crippen molar-refractivity contribution < 1.29 is 14.3 Å². The minimum atomic E-state index is -0.757. The molecular weight excluding hydrogens is 294 g/mol. The molecule has 3 fully saturated rings. The Bertz CT molecular complexity index is 398. The first-order valence-corrected chi connectivity index (χ1v) is 9.12. The van der Waals surface area contributed by atoms with Crippen LogP contribution in [0, 0.1) is 0 Å². The molecule has 0 atom stereocenters. The molecule has 23 heavy (non-hydrogen) atoms. The third-order valence-electron chi connectivity index (χ3n) is 5.87. The van der Waals surface area contributed by atoms with Gasteiger partial charge in [-0.3, -0.25) is 9.69 Å². The Balaban J connectivity index is 1.63. The Hall–Kier alpha value is -0.690. The summed E-state index contributed by atoms with van der Waals surface area (Å²) >= 11 is 0. The number of carbonyl (C=O) groups is 1. The van der Waals surface area contributed by atoms with E-state index in [4.69, 9.17) is 15.2 Å². The number of nitrogens with one attached hydrogen (secondary N) is 1. The van der Waals surface area contributed by atoms with E-state index in [0.717, 1.165) is 39.1 Å². The summed E-state index contributed by atoms with van der Waals surface area (Å²) in [6, 6.07) is 0. The largest absolute Gasteiger partial charge is 0.381 e. The van der Waals surface area contributed by atoms with E-state index in [1.165, 1.54) is 19.3 Å². The fourth-order valence-electron chi connectivity index (χ4n) is 4.11. The zero-order valence-corrected chi connectivity index (χ0v) is 14.1. The van der Waals surface area contributed by atoms with E-state index >= 15 is 0 Å². The van der Waals surface area contributed by atoms with Gasteiger partial charge in [-0.2, -0.15) is 0 Å². The van der Waals surface area contributed by atoms with Crippen LogP contribution in [-0.4, -0.2) is 67.9 Å². The summed E-state index contributed by atoms with van der Waals surface area (Å²) in [5, 5.41) is 3.18. The number of hydrogen-bond donors (Lipinski definition) is 2. The Kier molecular flexibility index (Phi) is 5.57. The molecule has 1 amide bonds. The Morgan fingerprint density at radius 3 is 2.13 bits per heavy atom. The Labute approximate surface area is 139 Å². The lowest BCUT2D eigenvalue weighted by molar-refractivity contribution is -0.131. The van der Waals surface area contributed by atoms with Gasteiger partial charge in [0.2, 0.25) is 5.91 Å². The van der Waals surface area contributed by atoms with Gasteiger partial charge in [-0.25, -0.2) is 0 Å². The summed E-state index contributed by atoms with van der Waals surface area (Å²) in [7, 11) is 0. The van der Waals surface area contributed by atoms with Gasteiger partial charge < -0.3 is 20.5 Å². The average molecular weight is 325 g/mol. The van der Waals surface area contributed by atoms with E-state index in [2.05, 4.69) is 10.2 Å². The van der Waals surface area contributed by atoms with Crippen molar-refractivity contribution in [3.63, 3.8) is 0 Å². The van der Waals surface area contributed by atoms with Crippen molar-refractivity contribution in [2.24, 2.45) is 5.73 Å². The van der Waals surface area contributed by atoms with Crippen LogP contribution in [0.1, 0.15) is 44.9 Å². The number of nitrogens with zero attached hydrogens (tertiary/aromatic N) is 1. The molecule has 3 saturated heterocycles. The summed E-state index contributed by atoms with van der Waals surface area (Å²) < 4.78 is 10.9. The van der Waals surface area contributed by atoms with Crippen LogP contribution in [0.2, 0.25) is 0 Å². The molecule has 3 aliphatic heterocycles. The monoisotopic (exact) mass is 325 g/mol. The van der Waals surface area contributed by atoms with Crippen LogP contribution in [0.5, 0.6) is 0 Å². The fourth-order valence-corrected chi connectivity index (χ4v) is 4.11. The molecule has 0 unspecified atom stereocenters. The molecule has 0 aromatic heterocycles. The molecule has 132 valence electrons. The predicted molar refractivity (Wildman–Crippen MR) is 88.2 cm³/mol. The second-order valence-electron chi connectivity index (χ2n) is 7.34. The van der Waals surface area contributed by atoms with Crippen molar-refractivity contribution in [3.8, 4) is 0 Å². The van der Waals surface area contributed by atoms with Gasteiger partial charge in [-0.15, -0.1) is 0 Å². The van der Waals surface area contributed by atoms with Crippen molar-refractivity contribution in [2.75, 3.05) is 46.1 Å². The highest BCUT2D eigenvalue weighted by Crippen LogP contribution is 2.30. The highest BCUT2D eigenvalue weighted by Gasteiger charge is 2.41. The topological polar surface area (TPSA) is 76.8 Å². The zero-order valence-electron chi connectivity index (χ0n) is 14.1. The minimum Gasteiger partial charge on any atom is -0.381 e. The number of piperidine rings is 1. The highest BCUT2D eigenvalue weighted by molar-refractivity contribution is 5.86. The molecule has 6 heteroatoms. The fraction of sp³-hybridized carbons (Fsp3) is 0.941. The lowest BCUT2D eigenvalue weighted by Gasteiger charge is -2.48. The van der Waals surface area contributed by atoms with Gasteiger partial charge in [0.1, 0.15) is 0 Å². The smallest absolute Gasteiger partial charge is 0.240 e. The molecule has 3 N–H and O–H groups in total. The Morgan fingerprint density at radius 2 is 1.52 bits per heavy atom. The Morgan fingerprint density at radius 1 is 0.957 bits per heavy atom. The van der Waals surface area contributed by atoms with Crippen molar-refractivity contribution in [1.82, 2.24) is 10.2 Å². The maximum atomic E-state index is 12.6. The average Bonchev–Trinajstić information content (AvgIpc) is 2.62. The number of amides is 1. The number of rotatable bonds is 4. The number of carbonyl (C=O) groups excluding carboxylic acids is 1. The molecule has 6 nitrogen and oxygen atoms in total. The summed E-state index contributed by atoms with van der Waals surface area (Å²) in [4.78, 5) is 15.2. The van der Waals surface area contributed by atoms with E-state index < -0.39 is 5.54 Å². The van der Waals surface area contributed by atoms with Crippen molar-refractivity contribution in [1.29, 1.82) is 0 Å². The van der Waals surface area contributed by atoms with Crippen LogP contribution >= 0.6 is 0 Å². The van der Waals surface area contributed by atoms with Gasteiger partial charge in [0.05, 0.1) is 5.54 Å². The van der Waals surface area contributed by atoms with Crippen LogP contribution in [0.3, 0.4) is 0 Å². The normalized spacial score (nSPS) is 28.2. The van der Waals surface area contributed by atoms with E-state index in [0.29, 0.717) is 32.6 Å². The molecule has 0 aliphatic carbocycles. The number of ether oxygens (including phenoxy) is 2.